The molecular formula is C18H22ClNO. The molecule has 0 fully saturated rings. The average molecular weight is 304 g/mol. The van der Waals surface area contributed by atoms with Crippen LogP contribution in [0.3, 0.4) is 0 Å². The molecule has 0 bridgehead atoms. The van der Waals surface area contributed by atoms with Crippen LogP contribution in [0.4, 0.5) is 0 Å². The summed E-state index contributed by atoms with van der Waals surface area (Å²) in [4.78, 5) is 0. The molecule has 0 amide bonds. The van der Waals surface area contributed by atoms with Crippen LogP contribution in [0, 0.1) is 20.8 Å². The molecule has 0 aromatic heterocycles. The zero-order valence-corrected chi connectivity index (χ0v) is 13.5. The van der Waals surface area contributed by atoms with Crippen LogP contribution in [-0.2, 0) is 0 Å². The van der Waals surface area contributed by atoms with Crippen LogP contribution in [0.15, 0.2) is 36.4 Å². The van der Waals surface area contributed by atoms with Gasteiger partial charge in [-0.05, 0) is 60.7 Å². The first-order valence-corrected chi connectivity index (χ1v) is 7.52. The molecule has 0 aliphatic carbocycles. The van der Waals surface area contributed by atoms with E-state index in [1.54, 1.807) is 0 Å². The highest BCUT2D eigenvalue weighted by Crippen LogP contribution is 2.32. The van der Waals surface area contributed by atoms with E-state index in [1.807, 2.05) is 31.2 Å². The lowest BCUT2D eigenvalue weighted by Gasteiger charge is -2.23. The van der Waals surface area contributed by atoms with Crippen LogP contribution in [-0.4, -0.2) is 11.7 Å². The van der Waals surface area contributed by atoms with Gasteiger partial charge in [0.2, 0.25) is 0 Å². The predicted molar refractivity (Wildman–Crippen MR) is 88.9 cm³/mol. The number of nitrogens with two attached hydrogens (primary N) is 1. The number of hydrogen-bond donors (Lipinski definition) is 2. The van der Waals surface area contributed by atoms with Crippen molar-refractivity contribution in [3.63, 3.8) is 0 Å². The first-order chi connectivity index (χ1) is 9.92. The van der Waals surface area contributed by atoms with Gasteiger partial charge in [0.1, 0.15) is 0 Å². The monoisotopic (exact) mass is 303 g/mol. The zero-order valence-electron chi connectivity index (χ0n) is 12.7. The Bertz CT molecular complexity index is 619. The lowest BCUT2D eigenvalue weighted by atomic mass is 9.87. The number of aliphatic hydroxyl groups is 1. The molecule has 3 heteroatoms. The largest absolute Gasteiger partial charge is 0.388 e. The van der Waals surface area contributed by atoms with Crippen LogP contribution >= 0.6 is 11.6 Å². The Morgan fingerprint density at radius 1 is 1.00 bits per heavy atom. The minimum atomic E-state index is -0.658. The number of hydrogen-bond acceptors (Lipinski definition) is 2. The van der Waals surface area contributed by atoms with E-state index in [4.69, 9.17) is 17.3 Å². The summed E-state index contributed by atoms with van der Waals surface area (Å²) >= 11 is 6.09. The molecule has 3 N–H and O–H groups in total. The summed E-state index contributed by atoms with van der Waals surface area (Å²) < 4.78 is 0. The number of aliphatic hydroxyl groups excluding tert-OH is 1. The predicted octanol–water partition coefficient (Wildman–Crippen LogP) is 4.04. The van der Waals surface area contributed by atoms with Gasteiger partial charge < -0.3 is 10.8 Å². The van der Waals surface area contributed by atoms with Crippen molar-refractivity contribution in [1.82, 2.24) is 0 Å². The van der Waals surface area contributed by atoms with Gasteiger partial charge >= 0.3 is 0 Å². The third kappa shape index (κ3) is 3.65. The molecular weight excluding hydrogens is 282 g/mol. The third-order valence-electron chi connectivity index (χ3n) is 4.00. The smallest absolute Gasteiger partial charge is 0.0871 e. The maximum Gasteiger partial charge on any atom is 0.0871 e. The minimum Gasteiger partial charge on any atom is -0.388 e. The van der Waals surface area contributed by atoms with Crippen LogP contribution in [0.25, 0.3) is 0 Å². The van der Waals surface area contributed by atoms with Crippen molar-refractivity contribution in [2.45, 2.75) is 32.8 Å². The van der Waals surface area contributed by atoms with Gasteiger partial charge in [-0.25, -0.2) is 0 Å². The Morgan fingerprint density at radius 3 is 2.29 bits per heavy atom. The highest BCUT2D eigenvalue weighted by molar-refractivity contribution is 6.30. The van der Waals surface area contributed by atoms with Gasteiger partial charge in [0.15, 0.2) is 0 Å². The summed E-state index contributed by atoms with van der Waals surface area (Å²) in [5.41, 5.74) is 11.3. The normalized spacial score (nSPS) is 14.0. The van der Waals surface area contributed by atoms with Crippen molar-refractivity contribution < 1.29 is 5.11 Å². The topological polar surface area (TPSA) is 46.2 Å². The molecule has 21 heavy (non-hydrogen) atoms. The Kier molecular flexibility index (Phi) is 5.04. The molecule has 2 nitrogen and oxygen atoms in total. The summed E-state index contributed by atoms with van der Waals surface area (Å²) in [5, 5.41) is 11.3. The molecule has 2 atom stereocenters. The molecule has 0 aliphatic rings. The van der Waals surface area contributed by atoms with Gasteiger partial charge in [0.25, 0.3) is 0 Å². The van der Waals surface area contributed by atoms with E-state index in [1.165, 1.54) is 11.1 Å². The standard InChI is InChI=1S/C18H22ClNO/c1-11-6-15(9-16(19)7-11)18(21)17(10-20)14-5-4-12(2)13(3)8-14/h4-9,17-18,21H,10,20H2,1-3H3. The molecule has 0 aliphatic heterocycles. The average Bonchev–Trinajstić information content (AvgIpc) is 2.42. The number of benzene rings is 2. The number of halogens is 1. The second-order valence-electron chi connectivity index (χ2n) is 5.69. The van der Waals surface area contributed by atoms with E-state index in [0.717, 1.165) is 16.7 Å². The van der Waals surface area contributed by atoms with Crippen LogP contribution in [0.1, 0.15) is 39.8 Å². The fourth-order valence-corrected chi connectivity index (χ4v) is 2.91. The highest BCUT2D eigenvalue weighted by Gasteiger charge is 2.22. The molecule has 2 unspecified atom stereocenters. The maximum atomic E-state index is 10.7. The Hall–Kier alpha value is -1.35. The Morgan fingerprint density at radius 2 is 1.71 bits per heavy atom. The number of aryl methyl sites for hydroxylation is 3. The first-order valence-electron chi connectivity index (χ1n) is 7.14. The summed E-state index contributed by atoms with van der Waals surface area (Å²) in [6, 6.07) is 11.9. The van der Waals surface area contributed by atoms with Crippen molar-refractivity contribution in [2.75, 3.05) is 6.54 Å². The van der Waals surface area contributed by atoms with Gasteiger partial charge in [0.05, 0.1) is 6.10 Å². The van der Waals surface area contributed by atoms with E-state index in [2.05, 4.69) is 26.0 Å². The number of rotatable bonds is 4. The summed E-state index contributed by atoms with van der Waals surface area (Å²) in [5.74, 6) is -0.137. The van der Waals surface area contributed by atoms with E-state index >= 15 is 0 Å². The molecule has 2 aromatic carbocycles. The SMILES string of the molecule is Cc1cc(Cl)cc(C(O)C(CN)c2ccc(C)c(C)c2)c1. The van der Waals surface area contributed by atoms with Crippen LogP contribution < -0.4 is 5.73 Å². The Balaban J connectivity index is 2.37. The molecule has 0 saturated heterocycles. The molecule has 112 valence electrons. The zero-order chi connectivity index (χ0) is 15.6. The molecule has 2 rings (SSSR count). The Labute approximate surface area is 131 Å². The van der Waals surface area contributed by atoms with Crippen molar-refractivity contribution in [3.8, 4) is 0 Å². The quantitative estimate of drug-likeness (QED) is 0.895. The van der Waals surface area contributed by atoms with Crippen molar-refractivity contribution >= 4 is 11.6 Å². The highest BCUT2D eigenvalue weighted by atomic mass is 35.5. The van der Waals surface area contributed by atoms with Crippen LogP contribution in [0.2, 0.25) is 5.02 Å². The van der Waals surface area contributed by atoms with E-state index in [9.17, 15) is 5.11 Å². The lowest BCUT2D eigenvalue weighted by Crippen LogP contribution is -2.20. The first kappa shape index (κ1) is 16.0. The third-order valence-corrected chi connectivity index (χ3v) is 4.22. The second kappa shape index (κ2) is 6.61. The van der Waals surface area contributed by atoms with Crippen LogP contribution in [0.5, 0.6) is 0 Å². The van der Waals surface area contributed by atoms with Crippen molar-refractivity contribution in [2.24, 2.45) is 5.73 Å². The molecule has 2 aromatic rings. The second-order valence-corrected chi connectivity index (χ2v) is 6.13. The summed E-state index contributed by atoms with van der Waals surface area (Å²) in [7, 11) is 0. The lowest BCUT2D eigenvalue weighted by molar-refractivity contribution is 0.147. The van der Waals surface area contributed by atoms with Gasteiger partial charge in [-0.2, -0.15) is 0 Å². The van der Waals surface area contributed by atoms with Gasteiger partial charge in [0, 0.05) is 17.5 Å². The summed E-state index contributed by atoms with van der Waals surface area (Å²) in [6.07, 6.45) is -0.658. The van der Waals surface area contributed by atoms with E-state index < -0.39 is 6.10 Å². The minimum absolute atomic E-state index is 0.137. The van der Waals surface area contributed by atoms with E-state index in [-0.39, 0.29) is 5.92 Å². The molecule has 0 spiro atoms. The fraction of sp³-hybridized carbons (Fsp3) is 0.333. The molecule has 0 heterocycles. The van der Waals surface area contributed by atoms with Crippen molar-refractivity contribution in [3.05, 3.63) is 69.2 Å². The molecule has 0 saturated carbocycles. The maximum absolute atomic E-state index is 10.7. The van der Waals surface area contributed by atoms with Gasteiger partial charge in [-0.1, -0.05) is 35.9 Å². The fourth-order valence-electron chi connectivity index (χ4n) is 2.61. The molecule has 0 radical (unpaired) electrons. The van der Waals surface area contributed by atoms with E-state index in [0.29, 0.717) is 11.6 Å². The van der Waals surface area contributed by atoms with Crippen molar-refractivity contribution in [1.29, 1.82) is 0 Å². The van der Waals surface area contributed by atoms with Gasteiger partial charge in [-0.15, -0.1) is 0 Å². The van der Waals surface area contributed by atoms with Gasteiger partial charge in [-0.3, -0.25) is 0 Å². The summed E-state index contributed by atoms with van der Waals surface area (Å²) in [6.45, 7) is 6.50.